The average molecular weight is 406 g/mol. The lowest BCUT2D eigenvalue weighted by Gasteiger charge is -2.12. The second kappa shape index (κ2) is 8.10. The lowest BCUT2D eigenvalue weighted by Crippen LogP contribution is -2.36. The first-order valence-corrected chi connectivity index (χ1v) is 9.84. The molecule has 3 rings (SSSR count). The van der Waals surface area contributed by atoms with Crippen molar-refractivity contribution in [2.75, 3.05) is 6.54 Å². The molecule has 27 heavy (non-hydrogen) atoms. The lowest BCUT2D eigenvalue weighted by molar-refractivity contribution is -0.129. The summed E-state index contributed by atoms with van der Waals surface area (Å²) >= 11 is 7.36. The Morgan fingerprint density at radius 3 is 2.85 bits per heavy atom. The van der Waals surface area contributed by atoms with E-state index in [9.17, 15) is 9.59 Å². The van der Waals surface area contributed by atoms with E-state index in [-0.39, 0.29) is 5.91 Å². The van der Waals surface area contributed by atoms with Crippen LogP contribution in [-0.2, 0) is 9.53 Å². The zero-order valence-electron chi connectivity index (χ0n) is 15.3. The van der Waals surface area contributed by atoms with Gasteiger partial charge < -0.3 is 10.1 Å². The van der Waals surface area contributed by atoms with Crippen LogP contribution in [0.15, 0.2) is 30.3 Å². The summed E-state index contributed by atoms with van der Waals surface area (Å²) < 4.78 is 7.07. The Labute approximate surface area is 166 Å². The van der Waals surface area contributed by atoms with Crippen molar-refractivity contribution in [3.05, 3.63) is 45.9 Å². The van der Waals surface area contributed by atoms with Gasteiger partial charge in [0.1, 0.15) is 9.71 Å². The Kier molecular flexibility index (Phi) is 5.82. The Bertz CT molecular complexity index is 995. The molecule has 0 spiro atoms. The third-order valence-corrected chi connectivity index (χ3v) is 5.33. The number of carbonyl (C=O) groups is 2. The number of ether oxygens (including phenoxy) is 1. The Morgan fingerprint density at radius 2 is 2.15 bits per heavy atom. The van der Waals surface area contributed by atoms with Gasteiger partial charge >= 0.3 is 5.97 Å². The summed E-state index contributed by atoms with van der Waals surface area (Å²) in [7, 11) is 0. The molecule has 2 heterocycles. The highest BCUT2D eigenvalue weighted by Crippen LogP contribution is 2.31. The van der Waals surface area contributed by atoms with E-state index >= 15 is 0 Å². The van der Waals surface area contributed by atoms with Crippen LogP contribution in [0.25, 0.3) is 15.9 Å². The molecule has 0 radical (unpaired) electrons. The second-order valence-corrected chi connectivity index (χ2v) is 7.61. The van der Waals surface area contributed by atoms with E-state index in [1.54, 1.807) is 23.7 Å². The SMILES string of the molecule is CCCNC(=O)[C@H](C)OC(=O)c1cc2c(C)nn(-c3cccc(Cl)c3)c2s1. The molecule has 3 aromatic rings. The van der Waals surface area contributed by atoms with Gasteiger partial charge in [0.2, 0.25) is 0 Å². The number of esters is 1. The van der Waals surface area contributed by atoms with E-state index in [0.29, 0.717) is 16.4 Å². The van der Waals surface area contributed by atoms with Crippen molar-refractivity contribution in [2.24, 2.45) is 0 Å². The number of amides is 1. The molecule has 0 bridgehead atoms. The molecule has 0 aliphatic heterocycles. The molecule has 1 atom stereocenters. The summed E-state index contributed by atoms with van der Waals surface area (Å²) in [6, 6.07) is 9.10. The molecule has 142 valence electrons. The first-order valence-electron chi connectivity index (χ1n) is 8.64. The summed E-state index contributed by atoms with van der Waals surface area (Å²) in [5.41, 5.74) is 1.61. The molecule has 0 aliphatic rings. The fourth-order valence-corrected chi connectivity index (χ4v) is 3.85. The van der Waals surface area contributed by atoms with Gasteiger partial charge in [0.15, 0.2) is 6.10 Å². The topological polar surface area (TPSA) is 73.2 Å². The number of rotatable bonds is 6. The van der Waals surface area contributed by atoms with E-state index in [1.807, 2.05) is 32.0 Å². The zero-order valence-corrected chi connectivity index (χ0v) is 16.9. The normalized spacial score (nSPS) is 12.1. The standard InChI is InChI=1S/C19H20ClN3O3S/c1-4-8-21-17(24)12(3)26-19(25)16-10-15-11(2)22-23(18(15)27-16)14-7-5-6-13(20)9-14/h5-7,9-10,12H,4,8H2,1-3H3,(H,21,24)/t12-/m0/s1. The van der Waals surface area contributed by atoms with Crippen LogP contribution in [0.4, 0.5) is 0 Å². The van der Waals surface area contributed by atoms with Crippen molar-refractivity contribution in [1.29, 1.82) is 0 Å². The summed E-state index contributed by atoms with van der Waals surface area (Å²) in [6.45, 7) is 5.96. The van der Waals surface area contributed by atoms with E-state index in [4.69, 9.17) is 16.3 Å². The first kappa shape index (κ1) is 19.4. The molecular weight excluding hydrogens is 386 g/mol. The number of hydrogen-bond acceptors (Lipinski definition) is 5. The van der Waals surface area contributed by atoms with E-state index in [2.05, 4.69) is 10.4 Å². The van der Waals surface area contributed by atoms with E-state index in [0.717, 1.165) is 28.0 Å². The van der Waals surface area contributed by atoms with Crippen molar-refractivity contribution in [3.63, 3.8) is 0 Å². The Hall–Kier alpha value is -2.38. The van der Waals surface area contributed by atoms with E-state index in [1.165, 1.54) is 11.3 Å². The van der Waals surface area contributed by atoms with Gasteiger partial charge in [0.25, 0.3) is 5.91 Å². The first-order chi connectivity index (χ1) is 12.9. The molecule has 1 aromatic carbocycles. The van der Waals surface area contributed by atoms with Crippen LogP contribution in [0.2, 0.25) is 5.02 Å². The zero-order chi connectivity index (χ0) is 19.6. The highest BCUT2D eigenvalue weighted by Gasteiger charge is 2.22. The Morgan fingerprint density at radius 1 is 1.37 bits per heavy atom. The van der Waals surface area contributed by atoms with Gasteiger partial charge in [-0.05, 0) is 44.5 Å². The van der Waals surface area contributed by atoms with Crippen LogP contribution in [0.3, 0.4) is 0 Å². The smallest absolute Gasteiger partial charge is 0.349 e. The lowest BCUT2D eigenvalue weighted by atomic mass is 10.3. The molecule has 0 saturated carbocycles. The number of carbonyl (C=O) groups excluding carboxylic acids is 2. The summed E-state index contributed by atoms with van der Waals surface area (Å²) in [5.74, 6) is -0.819. The van der Waals surface area contributed by atoms with Gasteiger partial charge in [-0.15, -0.1) is 11.3 Å². The number of nitrogens with one attached hydrogen (secondary N) is 1. The van der Waals surface area contributed by atoms with Crippen molar-refractivity contribution >= 4 is 45.0 Å². The molecule has 1 N–H and O–H groups in total. The van der Waals surface area contributed by atoms with Crippen LogP contribution >= 0.6 is 22.9 Å². The maximum atomic E-state index is 12.5. The van der Waals surface area contributed by atoms with Gasteiger partial charge in [-0.3, -0.25) is 4.79 Å². The molecule has 2 aromatic heterocycles. The van der Waals surface area contributed by atoms with Gasteiger partial charge in [-0.1, -0.05) is 24.6 Å². The molecule has 1 amide bonds. The molecule has 6 nitrogen and oxygen atoms in total. The molecule has 0 unspecified atom stereocenters. The monoisotopic (exact) mass is 405 g/mol. The van der Waals surface area contributed by atoms with Crippen molar-refractivity contribution in [3.8, 4) is 5.69 Å². The molecule has 0 saturated heterocycles. The summed E-state index contributed by atoms with van der Waals surface area (Å²) in [6.07, 6.45) is -0.0260. The quantitative estimate of drug-likeness (QED) is 0.626. The van der Waals surface area contributed by atoms with Gasteiger partial charge in [-0.25, -0.2) is 9.48 Å². The van der Waals surface area contributed by atoms with Crippen LogP contribution in [0.5, 0.6) is 0 Å². The largest absolute Gasteiger partial charge is 0.448 e. The van der Waals surface area contributed by atoms with Crippen LogP contribution in [-0.4, -0.2) is 34.3 Å². The fourth-order valence-electron chi connectivity index (χ4n) is 2.59. The van der Waals surface area contributed by atoms with Gasteiger partial charge in [0.05, 0.1) is 11.4 Å². The van der Waals surface area contributed by atoms with E-state index < -0.39 is 12.1 Å². The highest BCUT2D eigenvalue weighted by molar-refractivity contribution is 7.20. The summed E-state index contributed by atoms with van der Waals surface area (Å²) in [4.78, 5) is 25.6. The predicted octanol–water partition coefficient (Wildman–Crippen LogP) is 4.12. The molecule has 0 aliphatic carbocycles. The third kappa shape index (κ3) is 4.14. The van der Waals surface area contributed by atoms with Crippen molar-refractivity contribution < 1.29 is 14.3 Å². The third-order valence-electron chi connectivity index (χ3n) is 4.00. The highest BCUT2D eigenvalue weighted by atomic mass is 35.5. The number of hydrogen-bond donors (Lipinski definition) is 1. The maximum absolute atomic E-state index is 12.5. The van der Waals surface area contributed by atoms with Crippen molar-refractivity contribution in [1.82, 2.24) is 15.1 Å². The maximum Gasteiger partial charge on any atom is 0.349 e. The van der Waals surface area contributed by atoms with Crippen LogP contribution in [0, 0.1) is 6.92 Å². The molecule has 8 heteroatoms. The number of aromatic nitrogens is 2. The predicted molar refractivity (Wildman–Crippen MR) is 107 cm³/mol. The average Bonchev–Trinajstić information content (AvgIpc) is 3.20. The van der Waals surface area contributed by atoms with Gasteiger partial charge in [-0.2, -0.15) is 5.10 Å². The van der Waals surface area contributed by atoms with Crippen LogP contribution < -0.4 is 5.32 Å². The minimum atomic E-state index is -0.847. The summed E-state index contributed by atoms with van der Waals surface area (Å²) in [5, 5.41) is 8.73. The number of nitrogens with zero attached hydrogens (tertiary/aromatic N) is 2. The van der Waals surface area contributed by atoms with Crippen LogP contribution in [0.1, 0.15) is 35.6 Å². The number of aryl methyl sites for hydroxylation is 1. The Balaban J connectivity index is 1.85. The van der Waals surface area contributed by atoms with Gasteiger partial charge in [0, 0.05) is 17.0 Å². The fraction of sp³-hybridized carbons (Fsp3) is 0.316. The molecule has 0 fully saturated rings. The molecular formula is C19H20ClN3O3S. The minimum Gasteiger partial charge on any atom is -0.448 e. The number of benzene rings is 1. The second-order valence-electron chi connectivity index (χ2n) is 6.15. The minimum absolute atomic E-state index is 0.299. The number of halogens is 1. The van der Waals surface area contributed by atoms with Crippen molar-refractivity contribution in [2.45, 2.75) is 33.3 Å². The number of thiophene rings is 1. The number of fused-ring (bicyclic) bond motifs is 1.